The highest BCUT2D eigenvalue weighted by molar-refractivity contribution is 8.04. The number of hydrogen-bond acceptors (Lipinski definition) is 7. The van der Waals surface area contributed by atoms with Gasteiger partial charge in [-0.05, 0) is 24.7 Å². The molecule has 1 aliphatic carbocycles. The van der Waals surface area contributed by atoms with Crippen LogP contribution >= 0.6 is 11.8 Å². The van der Waals surface area contributed by atoms with E-state index in [9.17, 15) is 4.79 Å². The van der Waals surface area contributed by atoms with Crippen molar-refractivity contribution in [2.24, 2.45) is 10.4 Å². The molecular weight excluding hydrogens is 340 g/mol. The van der Waals surface area contributed by atoms with E-state index in [4.69, 9.17) is 14.8 Å². The van der Waals surface area contributed by atoms with Crippen molar-refractivity contribution >= 4 is 29.1 Å². The number of methoxy groups -OCH3 is 1. The Balaban J connectivity index is 1.88. The molecule has 0 atom stereocenters. The average molecular weight is 362 g/mol. The number of rotatable bonds is 5. The van der Waals surface area contributed by atoms with Crippen LogP contribution in [-0.2, 0) is 4.79 Å². The first-order chi connectivity index (χ1) is 11.9. The van der Waals surface area contributed by atoms with Crippen molar-refractivity contribution in [3.8, 4) is 5.88 Å². The first kappa shape index (κ1) is 17.7. The lowest BCUT2D eigenvalue weighted by atomic mass is 9.78. The van der Waals surface area contributed by atoms with Crippen LogP contribution in [0.3, 0.4) is 0 Å². The van der Waals surface area contributed by atoms with Gasteiger partial charge in [0.05, 0.1) is 17.7 Å². The number of carboxylic acid groups (broad SMARTS) is 1. The summed E-state index contributed by atoms with van der Waals surface area (Å²) in [5.74, 6) is -0.247. The highest BCUT2D eigenvalue weighted by Gasteiger charge is 2.36. The Hall–Kier alpha value is -2.09. The number of hydrogen-bond donors (Lipinski definition) is 2. The fourth-order valence-corrected chi connectivity index (χ4v) is 4.10. The van der Waals surface area contributed by atoms with Crippen LogP contribution in [0.2, 0.25) is 0 Å². The summed E-state index contributed by atoms with van der Waals surface area (Å²) >= 11 is 1.58. The SMILES string of the molecule is COc1ncnc2c1NC1=C(S2)C(=NCCCC(=O)O)CC(C)(C)C1. The lowest BCUT2D eigenvalue weighted by molar-refractivity contribution is -0.137. The predicted octanol–water partition coefficient (Wildman–Crippen LogP) is 3.34. The van der Waals surface area contributed by atoms with Gasteiger partial charge in [-0.3, -0.25) is 9.79 Å². The monoisotopic (exact) mass is 362 g/mol. The molecule has 0 saturated heterocycles. The topological polar surface area (TPSA) is 96.7 Å². The van der Waals surface area contributed by atoms with Gasteiger partial charge in [0.25, 0.3) is 0 Å². The zero-order valence-corrected chi connectivity index (χ0v) is 15.4. The van der Waals surface area contributed by atoms with E-state index in [0.29, 0.717) is 18.8 Å². The largest absolute Gasteiger partial charge is 0.481 e. The number of ether oxygens (including phenoxy) is 1. The Morgan fingerprint density at radius 2 is 2.24 bits per heavy atom. The van der Waals surface area contributed by atoms with E-state index in [-0.39, 0.29) is 11.8 Å². The van der Waals surface area contributed by atoms with Crippen molar-refractivity contribution in [2.75, 3.05) is 19.0 Å². The molecule has 0 amide bonds. The van der Waals surface area contributed by atoms with E-state index >= 15 is 0 Å². The molecule has 7 nitrogen and oxygen atoms in total. The van der Waals surface area contributed by atoms with E-state index in [2.05, 4.69) is 29.1 Å². The minimum atomic E-state index is -0.782. The van der Waals surface area contributed by atoms with Crippen LogP contribution in [0.5, 0.6) is 5.88 Å². The third-order valence-corrected chi connectivity index (χ3v) is 5.32. The number of anilines is 1. The van der Waals surface area contributed by atoms with Crippen molar-refractivity contribution < 1.29 is 14.6 Å². The van der Waals surface area contributed by atoms with Crippen molar-refractivity contribution in [3.63, 3.8) is 0 Å². The summed E-state index contributed by atoms with van der Waals surface area (Å²) in [5.41, 5.74) is 3.02. The number of fused-ring (bicyclic) bond motifs is 1. The lowest BCUT2D eigenvalue weighted by Gasteiger charge is -2.36. The molecule has 0 spiro atoms. The van der Waals surface area contributed by atoms with Gasteiger partial charge < -0.3 is 15.2 Å². The highest BCUT2D eigenvalue weighted by atomic mass is 32.2. The normalized spacial score (nSPS) is 19.9. The summed E-state index contributed by atoms with van der Waals surface area (Å²) in [6.07, 6.45) is 3.96. The molecule has 1 aliphatic heterocycles. The summed E-state index contributed by atoms with van der Waals surface area (Å²) in [7, 11) is 1.60. The molecule has 1 aromatic rings. The van der Waals surface area contributed by atoms with Crippen LogP contribution in [0.1, 0.15) is 39.5 Å². The predicted molar refractivity (Wildman–Crippen MR) is 97.3 cm³/mol. The number of allylic oxidation sites excluding steroid dienone is 2. The van der Waals surface area contributed by atoms with Gasteiger partial charge in [-0.15, -0.1) is 0 Å². The summed E-state index contributed by atoms with van der Waals surface area (Å²) < 4.78 is 5.34. The maximum atomic E-state index is 10.7. The fourth-order valence-electron chi connectivity index (χ4n) is 3.06. The van der Waals surface area contributed by atoms with Gasteiger partial charge in [0.15, 0.2) is 0 Å². The summed E-state index contributed by atoms with van der Waals surface area (Å²) in [5, 5.41) is 13.1. The Bertz CT molecular complexity index is 758. The fraction of sp³-hybridized carbons (Fsp3) is 0.529. The second kappa shape index (κ2) is 7.03. The zero-order chi connectivity index (χ0) is 18.0. The number of carboxylic acids is 1. The van der Waals surface area contributed by atoms with Crippen LogP contribution in [-0.4, -0.2) is 40.4 Å². The van der Waals surface area contributed by atoms with Crippen LogP contribution in [0, 0.1) is 5.41 Å². The highest BCUT2D eigenvalue weighted by Crippen LogP contribution is 2.49. The zero-order valence-electron chi connectivity index (χ0n) is 14.6. The lowest BCUT2D eigenvalue weighted by Crippen LogP contribution is -2.29. The third-order valence-electron chi connectivity index (χ3n) is 4.13. The Morgan fingerprint density at radius 3 is 2.96 bits per heavy atom. The van der Waals surface area contributed by atoms with Crippen molar-refractivity contribution in [1.29, 1.82) is 0 Å². The van der Waals surface area contributed by atoms with Crippen molar-refractivity contribution in [3.05, 3.63) is 16.9 Å². The molecule has 134 valence electrons. The molecular formula is C17H22N4O3S. The molecule has 0 saturated carbocycles. The molecule has 8 heteroatoms. The number of thioether (sulfide) groups is 1. The molecule has 0 aromatic carbocycles. The summed E-state index contributed by atoms with van der Waals surface area (Å²) in [4.78, 5) is 25.0. The van der Waals surface area contributed by atoms with Crippen molar-refractivity contribution in [2.45, 2.75) is 44.6 Å². The molecule has 2 aliphatic rings. The van der Waals surface area contributed by atoms with Crippen LogP contribution in [0.4, 0.5) is 5.69 Å². The molecule has 2 heterocycles. The van der Waals surface area contributed by atoms with E-state index in [1.165, 1.54) is 6.33 Å². The van der Waals surface area contributed by atoms with Gasteiger partial charge in [-0.25, -0.2) is 4.98 Å². The van der Waals surface area contributed by atoms with Gasteiger partial charge in [0.1, 0.15) is 17.0 Å². The van der Waals surface area contributed by atoms with Crippen LogP contribution < -0.4 is 10.1 Å². The first-order valence-corrected chi connectivity index (χ1v) is 9.04. The number of aliphatic carboxylic acids is 1. The molecule has 0 bridgehead atoms. The van der Waals surface area contributed by atoms with E-state index in [0.717, 1.165) is 39.9 Å². The molecule has 25 heavy (non-hydrogen) atoms. The van der Waals surface area contributed by atoms with Gasteiger partial charge in [0, 0.05) is 18.7 Å². The third kappa shape index (κ3) is 3.95. The maximum absolute atomic E-state index is 10.7. The molecule has 3 rings (SSSR count). The number of aromatic nitrogens is 2. The standard InChI is InChI=1S/C17H22N4O3S/c1-17(2)7-10(18-6-4-5-12(22)23)14-11(8-17)21-13-15(24-3)19-9-20-16(13)25-14/h9,21H,4-8H2,1-3H3,(H,22,23). The minimum absolute atomic E-state index is 0.0817. The Kier molecular flexibility index (Phi) is 4.99. The minimum Gasteiger partial charge on any atom is -0.481 e. The molecule has 0 radical (unpaired) electrons. The smallest absolute Gasteiger partial charge is 0.303 e. The van der Waals surface area contributed by atoms with Crippen molar-refractivity contribution in [1.82, 2.24) is 9.97 Å². The van der Waals surface area contributed by atoms with E-state index in [1.54, 1.807) is 18.9 Å². The average Bonchev–Trinajstić information content (AvgIpc) is 2.55. The number of nitrogens with one attached hydrogen (secondary N) is 1. The van der Waals surface area contributed by atoms with E-state index < -0.39 is 5.97 Å². The van der Waals surface area contributed by atoms with Gasteiger partial charge >= 0.3 is 5.97 Å². The summed E-state index contributed by atoms with van der Waals surface area (Å²) in [6, 6.07) is 0. The number of aliphatic imine (C=N–C) groups is 1. The number of nitrogens with zero attached hydrogens (tertiary/aromatic N) is 3. The Labute approximate surface area is 151 Å². The van der Waals surface area contributed by atoms with Gasteiger partial charge in [0.2, 0.25) is 5.88 Å². The molecule has 2 N–H and O–H groups in total. The van der Waals surface area contributed by atoms with Gasteiger partial charge in [-0.1, -0.05) is 25.6 Å². The summed E-state index contributed by atoms with van der Waals surface area (Å²) in [6.45, 7) is 4.95. The quantitative estimate of drug-likeness (QED) is 0.612. The maximum Gasteiger partial charge on any atom is 0.303 e. The Morgan fingerprint density at radius 1 is 1.44 bits per heavy atom. The van der Waals surface area contributed by atoms with Crippen LogP contribution in [0.25, 0.3) is 0 Å². The molecule has 1 aromatic heterocycles. The first-order valence-electron chi connectivity index (χ1n) is 8.22. The molecule has 0 unspecified atom stereocenters. The van der Waals surface area contributed by atoms with Crippen LogP contribution in [0.15, 0.2) is 26.9 Å². The van der Waals surface area contributed by atoms with Gasteiger partial charge in [-0.2, -0.15) is 4.98 Å². The molecule has 0 fully saturated rings. The second-order valence-electron chi connectivity index (χ2n) is 6.94. The van der Waals surface area contributed by atoms with E-state index in [1.807, 2.05) is 0 Å². The second-order valence-corrected chi connectivity index (χ2v) is 7.94. The number of carbonyl (C=O) groups is 1.